The molecule has 2 amide bonds. The molecule has 1 aromatic heterocycles. The molecule has 1 aliphatic heterocycles. The highest BCUT2D eigenvalue weighted by Gasteiger charge is 2.21. The van der Waals surface area contributed by atoms with Crippen LogP contribution in [0.2, 0.25) is 0 Å². The molecule has 7 heteroatoms. The molecule has 1 aromatic carbocycles. The Morgan fingerprint density at radius 3 is 2.59 bits per heavy atom. The molecule has 0 radical (unpaired) electrons. The maximum atomic E-state index is 12.9. The van der Waals surface area contributed by atoms with Crippen molar-refractivity contribution in [1.82, 2.24) is 15.0 Å². The van der Waals surface area contributed by atoms with Crippen molar-refractivity contribution in [3.05, 3.63) is 47.7 Å². The van der Waals surface area contributed by atoms with Crippen LogP contribution in [0.15, 0.2) is 40.9 Å². The Bertz CT molecular complexity index is 754. The minimum absolute atomic E-state index is 0.0204. The van der Waals surface area contributed by atoms with Gasteiger partial charge in [-0.1, -0.05) is 29.8 Å². The van der Waals surface area contributed by atoms with Gasteiger partial charge in [-0.15, -0.1) is 0 Å². The third kappa shape index (κ3) is 5.65. The van der Waals surface area contributed by atoms with Crippen molar-refractivity contribution in [2.24, 2.45) is 0 Å². The number of carbonyl (C=O) groups is 2. The van der Waals surface area contributed by atoms with Crippen molar-refractivity contribution in [2.75, 3.05) is 38.0 Å². The van der Waals surface area contributed by atoms with E-state index in [0.717, 1.165) is 19.6 Å². The van der Waals surface area contributed by atoms with Crippen LogP contribution >= 0.6 is 0 Å². The Labute approximate surface area is 159 Å². The van der Waals surface area contributed by atoms with Crippen LogP contribution < -0.4 is 5.32 Å². The summed E-state index contributed by atoms with van der Waals surface area (Å²) in [7, 11) is 0. The Morgan fingerprint density at radius 1 is 1.19 bits per heavy atom. The molecule has 0 atom stereocenters. The third-order valence-corrected chi connectivity index (χ3v) is 4.67. The molecule has 3 rings (SSSR count). The number of piperidine rings is 1. The maximum absolute atomic E-state index is 12.9. The highest BCUT2D eigenvalue weighted by atomic mass is 16.5. The van der Waals surface area contributed by atoms with Gasteiger partial charge in [0.2, 0.25) is 5.91 Å². The maximum Gasteiger partial charge on any atom is 0.254 e. The second-order valence-electron chi connectivity index (χ2n) is 6.87. The number of aryl methyl sites for hydroxylation is 1. The summed E-state index contributed by atoms with van der Waals surface area (Å²) in [5.41, 5.74) is 0.584. The zero-order valence-corrected chi connectivity index (χ0v) is 15.7. The third-order valence-electron chi connectivity index (χ3n) is 4.67. The summed E-state index contributed by atoms with van der Waals surface area (Å²) in [5.74, 6) is 0.554. The fraction of sp³-hybridized carbons (Fsp3) is 0.450. The molecule has 0 aliphatic carbocycles. The Kier molecular flexibility index (Phi) is 6.59. The highest BCUT2D eigenvalue weighted by molar-refractivity contribution is 5.99. The molecule has 1 fully saturated rings. The lowest BCUT2D eigenvalue weighted by Crippen LogP contribution is -2.43. The largest absolute Gasteiger partial charge is 0.360 e. The molecule has 1 aliphatic rings. The Hall–Kier alpha value is -2.67. The number of aromatic nitrogens is 1. The first-order valence-corrected chi connectivity index (χ1v) is 9.41. The summed E-state index contributed by atoms with van der Waals surface area (Å²) in [5, 5.41) is 6.45. The number of amides is 2. The minimum Gasteiger partial charge on any atom is -0.360 e. The monoisotopic (exact) mass is 370 g/mol. The number of nitrogens with zero attached hydrogens (tertiary/aromatic N) is 3. The van der Waals surface area contributed by atoms with E-state index >= 15 is 0 Å². The number of carbonyl (C=O) groups excluding carboxylic acids is 2. The predicted molar refractivity (Wildman–Crippen MR) is 103 cm³/mol. The lowest BCUT2D eigenvalue weighted by atomic mass is 10.1. The van der Waals surface area contributed by atoms with Gasteiger partial charge in [0.1, 0.15) is 12.3 Å². The van der Waals surface area contributed by atoms with Gasteiger partial charge in [-0.2, -0.15) is 0 Å². The molecule has 7 nitrogen and oxygen atoms in total. The molecular formula is C20H26N4O3. The number of hydrogen-bond acceptors (Lipinski definition) is 5. The zero-order valence-electron chi connectivity index (χ0n) is 15.7. The van der Waals surface area contributed by atoms with Crippen molar-refractivity contribution in [3.8, 4) is 0 Å². The SMILES string of the molecule is Cc1cc(NC(=O)CN(CCN2CCCCC2)C(=O)c2ccccc2)no1. The van der Waals surface area contributed by atoms with E-state index in [9.17, 15) is 9.59 Å². The smallest absolute Gasteiger partial charge is 0.254 e. The van der Waals surface area contributed by atoms with Gasteiger partial charge in [0.05, 0.1) is 0 Å². The van der Waals surface area contributed by atoms with Crippen molar-refractivity contribution >= 4 is 17.6 Å². The second kappa shape index (κ2) is 9.32. The van der Waals surface area contributed by atoms with Gasteiger partial charge in [-0.25, -0.2) is 0 Å². The summed E-state index contributed by atoms with van der Waals surface area (Å²) in [4.78, 5) is 29.3. The van der Waals surface area contributed by atoms with Crippen molar-refractivity contribution < 1.29 is 14.1 Å². The zero-order chi connectivity index (χ0) is 19.1. The first-order chi connectivity index (χ1) is 13.1. The van der Waals surface area contributed by atoms with E-state index in [1.54, 1.807) is 30.0 Å². The van der Waals surface area contributed by atoms with E-state index in [1.807, 2.05) is 18.2 Å². The molecule has 0 saturated carbocycles. The first kappa shape index (κ1) is 19.1. The van der Waals surface area contributed by atoms with Crippen molar-refractivity contribution in [2.45, 2.75) is 26.2 Å². The number of anilines is 1. The number of benzene rings is 1. The molecule has 0 unspecified atom stereocenters. The van der Waals surface area contributed by atoms with Gasteiger partial charge >= 0.3 is 0 Å². The molecule has 27 heavy (non-hydrogen) atoms. The average molecular weight is 370 g/mol. The van der Waals surface area contributed by atoms with Crippen LogP contribution in [0.1, 0.15) is 35.4 Å². The second-order valence-corrected chi connectivity index (χ2v) is 6.87. The summed E-state index contributed by atoms with van der Waals surface area (Å²) < 4.78 is 4.96. The average Bonchev–Trinajstić information content (AvgIpc) is 3.10. The topological polar surface area (TPSA) is 78.7 Å². The fourth-order valence-electron chi connectivity index (χ4n) is 3.24. The normalized spacial score (nSPS) is 14.7. The van der Waals surface area contributed by atoms with Gasteiger partial charge < -0.3 is 19.6 Å². The summed E-state index contributed by atoms with van der Waals surface area (Å²) in [6.45, 7) is 5.13. The number of likely N-dealkylation sites (tertiary alicyclic amines) is 1. The van der Waals surface area contributed by atoms with E-state index in [-0.39, 0.29) is 18.4 Å². The van der Waals surface area contributed by atoms with Crippen LogP contribution in [0.3, 0.4) is 0 Å². The number of rotatable bonds is 7. The van der Waals surface area contributed by atoms with Crippen molar-refractivity contribution in [1.29, 1.82) is 0 Å². The van der Waals surface area contributed by atoms with E-state index in [2.05, 4.69) is 15.4 Å². The van der Waals surface area contributed by atoms with Gasteiger partial charge in [0.25, 0.3) is 5.91 Å². The van der Waals surface area contributed by atoms with E-state index < -0.39 is 0 Å². The van der Waals surface area contributed by atoms with Gasteiger partial charge in [0.15, 0.2) is 5.82 Å². The summed E-state index contributed by atoms with van der Waals surface area (Å²) in [6, 6.07) is 10.7. The predicted octanol–water partition coefficient (Wildman–Crippen LogP) is 2.55. The van der Waals surface area contributed by atoms with Gasteiger partial charge in [0, 0.05) is 24.7 Å². The lowest BCUT2D eigenvalue weighted by Gasteiger charge is -2.30. The lowest BCUT2D eigenvalue weighted by molar-refractivity contribution is -0.117. The molecule has 2 heterocycles. The molecular weight excluding hydrogens is 344 g/mol. The number of nitrogens with one attached hydrogen (secondary N) is 1. The van der Waals surface area contributed by atoms with Crippen LogP contribution in [-0.4, -0.2) is 59.5 Å². The van der Waals surface area contributed by atoms with Gasteiger partial charge in [-0.05, 0) is 45.0 Å². The summed E-state index contributed by atoms with van der Waals surface area (Å²) >= 11 is 0. The molecule has 144 valence electrons. The minimum atomic E-state index is -0.286. The quantitative estimate of drug-likeness (QED) is 0.810. The van der Waals surface area contributed by atoms with Crippen LogP contribution in [-0.2, 0) is 4.79 Å². The van der Waals surface area contributed by atoms with Crippen LogP contribution in [0, 0.1) is 6.92 Å². The Balaban J connectivity index is 1.64. The van der Waals surface area contributed by atoms with Gasteiger partial charge in [-0.3, -0.25) is 9.59 Å². The van der Waals surface area contributed by atoms with Crippen LogP contribution in [0.5, 0.6) is 0 Å². The highest BCUT2D eigenvalue weighted by Crippen LogP contribution is 2.11. The molecule has 1 saturated heterocycles. The standard InChI is InChI=1S/C20H26N4O3/c1-16-14-18(22-27-16)21-19(25)15-24(13-12-23-10-6-3-7-11-23)20(26)17-8-4-2-5-9-17/h2,4-5,8-9,14H,3,6-7,10-13,15H2,1H3,(H,21,22,25). The fourth-order valence-corrected chi connectivity index (χ4v) is 3.24. The summed E-state index contributed by atoms with van der Waals surface area (Å²) in [6.07, 6.45) is 3.65. The molecule has 2 aromatic rings. The molecule has 1 N–H and O–H groups in total. The van der Waals surface area contributed by atoms with Crippen LogP contribution in [0.25, 0.3) is 0 Å². The van der Waals surface area contributed by atoms with E-state index in [4.69, 9.17) is 4.52 Å². The van der Waals surface area contributed by atoms with Crippen molar-refractivity contribution in [3.63, 3.8) is 0 Å². The van der Waals surface area contributed by atoms with E-state index in [1.165, 1.54) is 19.3 Å². The Morgan fingerprint density at radius 2 is 1.93 bits per heavy atom. The number of hydrogen-bond donors (Lipinski definition) is 1. The first-order valence-electron chi connectivity index (χ1n) is 9.41. The molecule has 0 bridgehead atoms. The molecule has 0 spiro atoms. The van der Waals surface area contributed by atoms with E-state index in [0.29, 0.717) is 23.7 Å². The van der Waals surface area contributed by atoms with Crippen LogP contribution in [0.4, 0.5) is 5.82 Å².